The molecule has 0 aliphatic carbocycles. The highest BCUT2D eigenvalue weighted by molar-refractivity contribution is 9.10. The fourth-order valence-electron chi connectivity index (χ4n) is 2.87. The lowest BCUT2D eigenvalue weighted by Crippen LogP contribution is -2.58. The van der Waals surface area contributed by atoms with Crippen molar-refractivity contribution < 1.29 is 4.74 Å². The van der Waals surface area contributed by atoms with E-state index >= 15 is 0 Å². The number of hydrogen-bond acceptors (Lipinski definition) is 2. The summed E-state index contributed by atoms with van der Waals surface area (Å²) in [5.74, 6) is 0.982. The van der Waals surface area contributed by atoms with E-state index in [1.807, 2.05) is 12.1 Å². The molecule has 0 bridgehead atoms. The number of methoxy groups -OCH3 is 1. The van der Waals surface area contributed by atoms with Gasteiger partial charge in [0.25, 0.3) is 0 Å². The van der Waals surface area contributed by atoms with Crippen molar-refractivity contribution in [1.29, 1.82) is 0 Å². The Hall–Kier alpha value is -1.32. The molecular weight excluding hydrogens is 314 g/mol. The fourth-order valence-corrected chi connectivity index (χ4v) is 3.14. The van der Waals surface area contributed by atoms with Gasteiger partial charge in [0.15, 0.2) is 0 Å². The average Bonchev–Trinajstić information content (AvgIpc) is 2.44. The van der Waals surface area contributed by atoms with Crippen LogP contribution in [0.4, 0.5) is 0 Å². The highest BCUT2D eigenvalue weighted by Gasteiger charge is 2.39. The van der Waals surface area contributed by atoms with Crippen molar-refractivity contribution in [3.63, 3.8) is 0 Å². The smallest absolute Gasteiger partial charge is 0.122 e. The number of rotatable bonds is 4. The first-order chi connectivity index (χ1) is 9.73. The molecule has 1 saturated heterocycles. The Kier molecular flexibility index (Phi) is 3.81. The van der Waals surface area contributed by atoms with Crippen molar-refractivity contribution in [2.45, 2.75) is 11.8 Å². The van der Waals surface area contributed by atoms with Crippen LogP contribution in [-0.4, -0.2) is 20.2 Å². The minimum atomic E-state index is 0.190. The number of nitrogens with one attached hydrogen (secondary N) is 1. The Morgan fingerprint density at radius 3 is 2.40 bits per heavy atom. The summed E-state index contributed by atoms with van der Waals surface area (Å²) in [6.07, 6.45) is 1.01. The first-order valence-corrected chi connectivity index (χ1v) is 7.61. The van der Waals surface area contributed by atoms with E-state index in [0.717, 1.165) is 29.7 Å². The van der Waals surface area contributed by atoms with E-state index in [4.69, 9.17) is 4.74 Å². The molecule has 1 aliphatic rings. The summed E-state index contributed by atoms with van der Waals surface area (Å²) in [5, 5.41) is 3.42. The molecule has 1 fully saturated rings. The topological polar surface area (TPSA) is 21.3 Å². The van der Waals surface area contributed by atoms with Crippen molar-refractivity contribution >= 4 is 15.9 Å². The molecule has 0 saturated carbocycles. The Balaban J connectivity index is 1.92. The van der Waals surface area contributed by atoms with Crippen LogP contribution in [0.5, 0.6) is 5.75 Å². The number of hydrogen-bond donors (Lipinski definition) is 1. The van der Waals surface area contributed by atoms with Gasteiger partial charge in [0.05, 0.1) is 7.11 Å². The lowest BCUT2D eigenvalue weighted by molar-refractivity contribution is 0.271. The Labute approximate surface area is 128 Å². The van der Waals surface area contributed by atoms with Crippen LogP contribution in [0.15, 0.2) is 53.0 Å². The number of ether oxygens (including phenoxy) is 1. The normalized spacial score (nSPS) is 16.5. The lowest BCUT2D eigenvalue weighted by Gasteiger charge is -2.43. The van der Waals surface area contributed by atoms with Gasteiger partial charge in [-0.05, 0) is 35.7 Å². The molecule has 0 spiro atoms. The van der Waals surface area contributed by atoms with Gasteiger partial charge >= 0.3 is 0 Å². The van der Waals surface area contributed by atoms with E-state index in [1.54, 1.807) is 7.11 Å². The van der Waals surface area contributed by atoms with Crippen molar-refractivity contribution in [2.75, 3.05) is 20.2 Å². The molecule has 0 amide bonds. The summed E-state index contributed by atoms with van der Waals surface area (Å²) in [7, 11) is 1.74. The van der Waals surface area contributed by atoms with Gasteiger partial charge < -0.3 is 10.1 Å². The molecule has 1 heterocycles. The van der Waals surface area contributed by atoms with Crippen molar-refractivity contribution in [1.82, 2.24) is 5.32 Å². The van der Waals surface area contributed by atoms with Gasteiger partial charge in [0.1, 0.15) is 5.75 Å². The molecule has 0 aromatic heterocycles. The standard InChI is InChI=1S/C17H18BrNO/c1-20-16-5-3-2-4-13(16)10-17(11-19-12-17)14-6-8-15(18)9-7-14/h2-9,19H,10-12H2,1H3. The summed E-state index contributed by atoms with van der Waals surface area (Å²) in [6.45, 7) is 2.04. The molecule has 2 aromatic carbocycles. The van der Waals surface area contributed by atoms with E-state index in [9.17, 15) is 0 Å². The first-order valence-electron chi connectivity index (χ1n) is 6.82. The van der Waals surface area contributed by atoms with E-state index in [0.29, 0.717) is 0 Å². The minimum absolute atomic E-state index is 0.190. The van der Waals surface area contributed by atoms with Gasteiger partial charge in [-0.3, -0.25) is 0 Å². The fraction of sp³-hybridized carbons (Fsp3) is 0.294. The molecule has 104 valence electrons. The molecule has 20 heavy (non-hydrogen) atoms. The predicted octanol–water partition coefficient (Wildman–Crippen LogP) is 3.54. The van der Waals surface area contributed by atoms with Gasteiger partial charge in [-0.25, -0.2) is 0 Å². The zero-order chi connectivity index (χ0) is 14.0. The highest BCUT2D eigenvalue weighted by Crippen LogP contribution is 2.35. The number of benzene rings is 2. The summed E-state index contributed by atoms with van der Waals surface area (Å²) in [4.78, 5) is 0. The van der Waals surface area contributed by atoms with Crippen LogP contribution >= 0.6 is 15.9 Å². The zero-order valence-electron chi connectivity index (χ0n) is 11.5. The van der Waals surface area contributed by atoms with E-state index in [1.165, 1.54) is 11.1 Å². The second-order valence-corrected chi connectivity index (χ2v) is 6.30. The van der Waals surface area contributed by atoms with Gasteiger partial charge in [0.2, 0.25) is 0 Å². The highest BCUT2D eigenvalue weighted by atomic mass is 79.9. The van der Waals surface area contributed by atoms with Crippen LogP contribution in [0.25, 0.3) is 0 Å². The minimum Gasteiger partial charge on any atom is -0.496 e. The van der Waals surface area contributed by atoms with Crippen LogP contribution in [0.2, 0.25) is 0 Å². The number of para-hydroxylation sites is 1. The average molecular weight is 332 g/mol. The maximum atomic E-state index is 5.49. The molecule has 0 atom stereocenters. The quantitative estimate of drug-likeness (QED) is 0.925. The van der Waals surface area contributed by atoms with Crippen molar-refractivity contribution in [3.8, 4) is 5.75 Å². The predicted molar refractivity (Wildman–Crippen MR) is 85.4 cm³/mol. The van der Waals surface area contributed by atoms with E-state index in [2.05, 4.69) is 57.6 Å². The maximum absolute atomic E-state index is 5.49. The molecule has 1 aliphatic heterocycles. The third-order valence-electron chi connectivity index (χ3n) is 4.10. The molecule has 3 heteroatoms. The zero-order valence-corrected chi connectivity index (χ0v) is 13.1. The third kappa shape index (κ3) is 2.48. The van der Waals surface area contributed by atoms with Crippen LogP contribution in [0.3, 0.4) is 0 Å². The van der Waals surface area contributed by atoms with Crippen LogP contribution < -0.4 is 10.1 Å². The Morgan fingerprint density at radius 2 is 1.80 bits per heavy atom. The summed E-state index contributed by atoms with van der Waals surface area (Å²) >= 11 is 3.51. The molecular formula is C17H18BrNO. The molecule has 3 rings (SSSR count). The van der Waals surface area contributed by atoms with Gasteiger partial charge in [-0.15, -0.1) is 0 Å². The monoisotopic (exact) mass is 331 g/mol. The summed E-state index contributed by atoms with van der Waals surface area (Å²) in [6, 6.07) is 17.0. The second kappa shape index (κ2) is 5.58. The van der Waals surface area contributed by atoms with E-state index < -0.39 is 0 Å². The second-order valence-electron chi connectivity index (χ2n) is 5.38. The first kappa shape index (κ1) is 13.7. The summed E-state index contributed by atoms with van der Waals surface area (Å²) in [5.41, 5.74) is 2.86. The molecule has 2 aromatic rings. The van der Waals surface area contributed by atoms with Crippen LogP contribution in [-0.2, 0) is 11.8 Å². The van der Waals surface area contributed by atoms with Gasteiger partial charge in [-0.1, -0.05) is 46.3 Å². The summed E-state index contributed by atoms with van der Waals surface area (Å²) < 4.78 is 6.61. The van der Waals surface area contributed by atoms with Crippen molar-refractivity contribution in [3.05, 3.63) is 64.1 Å². The van der Waals surface area contributed by atoms with Crippen molar-refractivity contribution in [2.24, 2.45) is 0 Å². The number of halogens is 1. The third-order valence-corrected chi connectivity index (χ3v) is 4.63. The molecule has 2 nitrogen and oxygen atoms in total. The lowest BCUT2D eigenvalue weighted by atomic mass is 9.71. The van der Waals surface area contributed by atoms with Gasteiger partial charge in [0, 0.05) is 23.0 Å². The van der Waals surface area contributed by atoms with E-state index in [-0.39, 0.29) is 5.41 Å². The molecule has 0 radical (unpaired) electrons. The molecule has 1 N–H and O–H groups in total. The van der Waals surface area contributed by atoms with Gasteiger partial charge in [-0.2, -0.15) is 0 Å². The Morgan fingerprint density at radius 1 is 1.10 bits per heavy atom. The largest absolute Gasteiger partial charge is 0.496 e. The SMILES string of the molecule is COc1ccccc1CC1(c2ccc(Br)cc2)CNC1. The van der Waals surface area contributed by atoms with Crippen LogP contribution in [0.1, 0.15) is 11.1 Å². The Bertz CT molecular complexity index is 590. The molecule has 0 unspecified atom stereocenters. The van der Waals surface area contributed by atoms with Crippen LogP contribution in [0, 0.1) is 0 Å². The maximum Gasteiger partial charge on any atom is 0.122 e.